The Hall–Kier alpha value is -3.13. The molecule has 0 saturated heterocycles. The molecule has 2 aromatic heterocycles. The molecular formula is C19H17FN6S. The maximum atomic E-state index is 14.9. The molecule has 0 aliphatic carbocycles. The Bertz CT molecular complexity index is 1140. The van der Waals surface area contributed by atoms with Gasteiger partial charge in [0.25, 0.3) is 0 Å². The molecule has 136 valence electrons. The first-order chi connectivity index (χ1) is 13.0. The van der Waals surface area contributed by atoms with Crippen LogP contribution < -0.4 is 10.6 Å². The number of fused-ring (bicyclic) bond motifs is 1. The third kappa shape index (κ3) is 3.31. The summed E-state index contributed by atoms with van der Waals surface area (Å²) in [6, 6.07) is 8.93. The van der Waals surface area contributed by atoms with Crippen LogP contribution in [0, 0.1) is 5.82 Å². The number of thiol groups is 1. The summed E-state index contributed by atoms with van der Waals surface area (Å²) in [5, 5.41) is 10.7. The van der Waals surface area contributed by atoms with Crippen molar-refractivity contribution < 1.29 is 4.39 Å². The third-order valence-corrected chi connectivity index (χ3v) is 4.63. The van der Waals surface area contributed by atoms with E-state index in [4.69, 9.17) is 0 Å². The van der Waals surface area contributed by atoms with Crippen LogP contribution in [0.1, 0.15) is 0 Å². The molecule has 4 aromatic rings. The summed E-state index contributed by atoms with van der Waals surface area (Å²) in [6.45, 7) is 0. The van der Waals surface area contributed by atoms with Crippen LogP contribution in [-0.4, -0.2) is 26.8 Å². The van der Waals surface area contributed by atoms with Gasteiger partial charge < -0.3 is 10.6 Å². The summed E-state index contributed by atoms with van der Waals surface area (Å²) in [5.74, 6) is 0.00701. The highest BCUT2D eigenvalue weighted by Crippen LogP contribution is 2.31. The first-order valence-electron chi connectivity index (χ1n) is 8.26. The van der Waals surface area contributed by atoms with Gasteiger partial charge in [0.2, 0.25) is 0 Å². The van der Waals surface area contributed by atoms with Gasteiger partial charge in [-0.25, -0.2) is 14.4 Å². The van der Waals surface area contributed by atoms with E-state index in [0.717, 1.165) is 21.8 Å². The quantitative estimate of drug-likeness (QED) is 0.462. The molecule has 0 fully saturated rings. The number of aryl methyl sites for hydroxylation is 1. The average molecular weight is 380 g/mol. The minimum absolute atomic E-state index is 0.337. The van der Waals surface area contributed by atoms with Gasteiger partial charge in [-0.05, 0) is 35.9 Å². The van der Waals surface area contributed by atoms with Crippen molar-refractivity contribution >= 4 is 40.7 Å². The molecule has 0 atom stereocenters. The van der Waals surface area contributed by atoms with Crippen LogP contribution >= 0.6 is 12.6 Å². The minimum atomic E-state index is -0.396. The Morgan fingerprint density at radius 2 is 1.96 bits per heavy atom. The summed E-state index contributed by atoms with van der Waals surface area (Å²) in [5.41, 5.74) is 3.73. The lowest BCUT2D eigenvalue weighted by molar-refractivity contribution is 0.640. The smallest absolute Gasteiger partial charge is 0.144 e. The van der Waals surface area contributed by atoms with E-state index >= 15 is 0 Å². The van der Waals surface area contributed by atoms with Crippen molar-refractivity contribution in [2.75, 3.05) is 17.7 Å². The van der Waals surface area contributed by atoms with E-state index in [-0.39, 0.29) is 0 Å². The van der Waals surface area contributed by atoms with Crippen molar-refractivity contribution in [2.45, 2.75) is 4.90 Å². The molecule has 0 amide bonds. The van der Waals surface area contributed by atoms with Crippen LogP contribution in [0.5, 0.6) is 0 Å². The lowest BCUT2D eigenvalue weighted by Crippen LogP contribution is -1.99. The molecule has 27 heavy (non-hydrogen) atoms. The van der Waals surface area contributed by atoms with Gasteiger partial charge in [0, 0.05) is 42.1 Å². The Kier molecular flexibility index (Phi) is 4.41. The molecule has 0 aliphatic heterocycles. The standard InChI is InChI=1S/C19H17FN6S/c1-21-15-4-3-13(7-17(15)27)25-19-18-14(20)5-11(6-16(18)22-10-23-19)12-8-24-26(2)9-12/h3-10,21,27H,1-2H3,(H,22,23,25). The molecule has 0 bridgehead atoms. The maximum absolute atomic E-state index is 14.9. The number of aromatic nitrogens is 4. The zero-order valence-electron chi connectivity index (χ0n) is 14.7. The van der Waals surface area contributed by atoms with Crippen LogP contribution in [0.15, 0.2) is 53.9 Å². The highest BCUT2D eigenvalue weighted by Gasteiger charge is 2.13. The molecule has 0 unspecified atom stereocenters. The van der Waals surface area contributed by atoms with E-state index in [1.165, 1.54) is 12.4 Å². The summed E-state index contributed by atoms with van der Waals surface area (Å²) in [7, 11) is 3.65. The van der Waals surface area contributed by atoms with Gasteiger partial charge in [0.1, 0.15) is 18.0 Å². The van der Waals surface area contributed by atoms with E-state index < -0.39 is 5.82 Å². The fraction of sp³-hybridized carbons (Fsp3) is 0.105. The predicted molar refractivity (Wildman–Crippen MR) is 108 cm³/mol. The number of hydrogen-bond acceptors (Lipinski definition) is 6. The Labute approximate surface area is 160 Å². The van der Waals surface area contributed by atoms with E-state index in [1.807, 2.05) is 44.6 Å². The summed E-state index contributed by atoms with van der Waals surface area (Å²) in [4.78, 5) is 9.24. The van der Waals surface area contributed by atoms with Gasteiger partial charge in [-0.3, -0.25) is 4.68 Å². The third-order valence-electron chi connectivity index (χ3n) is 4.26. The van der Waals surface area contributed by atoms with Crippen molar-refractivity contribution in [3.8, 4) is 11.1 Å². The molecule has 4 rings (SSSR count). The SMILES string of the molecule is CNc1ccc(Nc2ncnc3cc(-c4cnn(C)c4)cc(F)c23)cc1S. The molecule has 0 spiro atoms. The number of anilines is 3. The van der Waals surface area contributed by atoms with Crippen molar-refractivity contribution in [3.63, 3.8) is 0 Å². The highest BCUT2D eigenvalue weighted by atomic mass is 32.1. The molecule has 0 saturated carbocycles. The molecule has 2 N–H and O–H groups in total. The van der Waals surface area contributed by atoms with E-state index in [9.17, 15) is 4.39 Å². The molecule has 6 nitrogen and oxygen atoms in total. The molecule has 8 heteroatoms. The van der Waals surface area contributed by atoms with Gasteiger partial charge in [0.05, 0.1) is 17.1 Å². The van der Waals surface area contributed by atoms with Gasteiger partial charge in [-0.1, -0.05) is 0 Å². The van der Waals surface area contributed by atoms with E-state index in [0.29, 0.717) is 22.3 Å². The summed E-state index contributed by atoms with van der Waals surface area (Å²) >= 11 is 4.45. The molecule has 2 heterocycles. The predicted octanol–water partition coefficient (Wildman–Crippen LogP) is 4.24. The Morgan fingerprint density at radius 1 is 1.11 bits per heavy atom. The average Bonchev–Trinajstić information content (AvgIpc) is 3.08. The van der Waals surface area contributed by atoms with E-state index in [2.05, 4.69) is 38.3 Å². The number of halogens is 1. The first kappa shape index (κ1) is 17.3. The summed E-state index contributed by atoms with van der Waals surface area (Å²) < 4.78 is 16.6. The first-order valence-corrected chi connectivity index (χ1v) is 8.71. The van der Waals surface area contributed by atoms with Gasteiger partial charge in [0.15, 0.2) is 0 Å². The van der Waals surface area contributed by atoms with Crippen molar-refractivity contribution in [1.82, 2.24) is 19.7 Å². The second-order valence-electron chi connectivity index (χ2n) is 6.08. The normalized spacial score (nSPS) is 11.0. The van der Waals surface area contributed by atoms with Gasteiger partial charge >= 0.3 is 0 Å². The van der Waals surface area contributed by atoms with Crippen LogP contribution in [0.4, 0.5) is 21.6 Å². The maximum Gasteiger partial charge on any atom is 0.144 e. The summed E-state index contributed by atoms with van der Waals surface area (Å²) in [6.07, 6.45) is 4.94. The van der Waals surface area contributed by atoms with Crippen molar-refractivity contribution in [1.29, 1.82) is 0 Å². The van der Waals surface area contributed by atoms with Crippen molar-refractivity contribution in [3.05, 3.63) is 54.9 Å². The molecule has 0 radical (unpaired) electrons. The number of rotatable bonds is 4. The number of nitrogens with zero attached hydrogens (tertiary/aromatic N) is 4. The zero-order valence-corrected chi connectivity index (χ0v) is 15.6. The Balaban J connectivity index is 1.77. The second kappa shape index (κ2) is 6.88. The van der Waals surface area contributed by atoms with Crippen LogP contribution in [-0.2, 0) is 7.05 Å². The van der Waals surface area contributed by atoms with Crippen LogP contribution in [0.25, 0.3) is 22.0 Å². The van der Waals surface area contributed by atoms with Gasteiger partial charge in [-0.2, -0.15) is 5.10 Å². The van der Waals surface area contributed by atoms with Gasteiger partial charge in [-0.15, -0.1) is 12.6 Å². The molecule has 0 aliphatic rings. The lowest BCUT2D eigenvalue weighted by Gasteiger charge is -2.12. The number of hydrogen-bond donors (Lipinski definition) is 3. The number of nitrogens with one attached hydrogen (secondary N) is 2. The fourth-order valence-electron chi connectivity index (χ4n) is 2.93. The Morgan fingerprint density at radius 3 is 2.67 bits per heavy atom. The topological polar surface area (TPSA) is 67.7 Å². The van der Waals surface area contributed by atoms with E-state index in [1.54, 1.807) is 10.9 Å². The number of benzene rings is 2. The van der Waals surface area contributed by atoms with Crippen molar-refractivity contribution in [2.24, 2.45) is 7.05 Å². The van der Waals surface area contributed by atoms with Crippen LogP contribution in [0.3, 0.4) is 0 Å². The second-order valence-corrected chi connectivity index (χ2v) is 6.57. The highest BCUT2D eigenvalue weighted by molar-refractivity contribution is 7.80. The fourth-order valence-corrected chi connectivity index (χ4v) is 3.26. The largest absolute Gasteiger partial charge is 0.387 e. The zero-order chi connectivity index (χ0) is 19.0. The molecule has 2 aromatic carbocycles. The van der Waals surface area contributed by atoms with Crippen LogP contribution in [0.2, 0.25) is 0 Å². The molecular weight excluding hydrogens is 363 g/mol. The monoisotopic (exact) mass is 380 g/mol. The minimum Gasteiger partial charge on any atom is -0.387 e. The lowest BCUT2D eigenvalue weighted by atomic mass is 10.1.